The van der Waals surface area contributed by atoms with Gasteiger partial charge in [0.25, 0.3) is 6.43 Å². The van der Waals surface area contributed by atoms with Crippen LogP contribution in [0.3, 0.4) is 0 Å². The number of halogens is 6. The van der Waals surface area contributed by atoms with Crippen molar-refractivity contribution in [2.45, 2.75) is 38.1 Å². The molecule has 0 atom stereocenters. The minimum atomic E-state index is -4.81. The molecule has 5 nitrogen and oxygen atoms in total. The Bertz CT molecular complexity index is 832. The Kier molecular flexibility index (Phi) is 5.27. The predicted octanol–water partition coefficient (Wildman–Crippen LogP) is 4.89. The molecule has 3 rings (SSSR count). The van der Waals surface area contributed by atoms with Crippen LogP contribution >= 0.6 is 11.6 Å². The van der Waals surface area contributed by atoms with E-state index in [1.165, 1.54) is 12.1 Å². The zero-order chi connectivity index (χ0) is 19.8. The third kappa shape index (κ3) is 4.88. The van der Waals surface area contributed by atoms with Gasteiger partial charge < -0.3 is 10.1 Å². The van der Waals surface area contributed by atoms with E-state index in [4.69, 9.17) is 11.6 Å². The van der Waals surface area contributed by atoms with Crippen LogP contribution in [-0.2, 0) is 11.3 Å². The fourth-order valence-electron chi connectivity index (χ4n) is 2.56. The summed E-state index contributed by atoms with van der Waals surface area (Å²) in [5, 5.41) is 6.06. The van der Waals surface area contributed by atoms with Crippen molar-refractivity contribution in [3.05, 3.63) is 40.7 Å². The molecule has 1 aliphatic carbocycles. The maximum Gasteiger partial charge on any atom is 0.573 e. The van der Waals surface area contributed by atoms with Gasteiger partial charge in [-0.3, -0.25) is 9.48 Å². The standard InChI is InChI=1S/C16H13ClF5N3O2/c17-12-13(15(18)19)24-25(14(12)8-1-2-8)7-11(26)23-9-3-5-10(6-4-9)27-16(20,21)22/h3-6,8,15H,1-2,7H2,(H,23,26). The molecule has 1 N–H and O–H groups in total. The highest BCUT2D eigenvalue weighted by atomic mass is 35.5. The second-order valence-corrected chi connectivity index (χ2v) is 6.32. The number of ether oxygens (including phenoxy) is 1. The van der Waals surface area contributed by atoms with Gasteiger partial charge in [-0.15, -0.1) is 13.2 Å². The monoisotopic (exact) mass is 409 g/mol. The summed E-state index contributed by atoms with van der Waals surface area (Å²) >= 11 is 5.97. The summed E-state index contributed by atoms with van der Waals surface area (Å²) in [4.78, 5) is 12.2. The van der Waals surface area contributed by atoms with E-state index in [-0.39, 0.29) is 23.2 Å². The van der Waals surface area contributed by atoms with Crippen LogP contribution in [-0.4, -0.2) is 22.1 Å². The molecule has 0 aliphatic heterocycles. The summed E-state index contributed by atoms with van der Waals surface area (Å²) in [6.45, 7) is -0.348. The second kappa shape index (κ2) is 7.34. The summed E-state index contributed by atoms with van der Waals surface area (Å²) in [5.41, 5.74) is 0.0471. The van der Waals surface area contributed by atoms with E-state index in [1.807, 2.05) is 0 Å². The number of rotatable bonds is 6. The van der Waals surface area contributed by atoms with E-state index in [2.05, 4.69) is 15.2 Å². The molecule has 146 valence electrons. The first-order valence-corrected chi connectivity index (χ1v) is 8.21. The summed E-state index contributed by atoms with van der Waals surface area (Å²) in [6, 6.07) is 4.53. The quantitative estimate of drug-likeness (QED) is 0.691. The molecule has 1 heterocycles. The first kappa shape index (κ1) is 19.4. The molecule has 1 aliphatic rings. The molecule has 0 spiro atoms. The van der Waals surface area contributed by atoms with Crippen LogP contribution in [0.4, 0.5) is 27.6 Å². The van der Waals surface area contributed by atoms with Gasteiger partial charge in [0.15, 0.2) is 0 Å². The van der Waals surface area contributed by atoms with Crippen molar-refractivity contribution in [2.24, 2.45) is 0 Å². The van der Waals surface area contributed by atoms with Gasteiger partial charge >= 0.3 is 6.36 Å². The smallest absolute Gasteiger partial charge is 0.406 e. The molecule has 0 unspecified atom stereocenters. The Balaban J connectivity index is 1.68. The number of aromatic nitrogens is 2. The van der Waals surface area contributed by atoms with Crippen LogP contribution in [0.15, 0.2) is 24.3 Å². The van der Waals surface area contributed by atoms with Crippen LogP contribution in [0.2, 0.25) is 5.02 Å². The summed E-state index contributed by atoms with van der Waals surface area (Å²) < 4.78 is 67.3. The number of nitrogens with zero attached hydrogens (tertiary/aromatic N) is 2. The van der Waals surface area contributed by atoms with E-state index in [1.54, 1.807) is 0 Å². The first-order chi connectivity index (χ1) is 12.6. The topological polar surface area (TPSA) is 56.2 Å². The number of hydrogen-bond acceptors (Lipinski definition) is 3. The average molecular weight is 410 g/mol. The first-order valence-electron chi connectivity index (χ1n) is 7.84. The highest BCUT2D eigenvalue weighted by molar-refractivity contribution is 6.32. The van der Waals surface area contributed by atoms with Gasteiger partial charge in [-0.05, 0) is 37.1 Å². The van der Waals surface area contributed by atoms with E-state index in [9.17, 15) is 26.7 Å². The lowest BCUT2D eigenvalue weighted by atomic mass is 10.2. The molecule has 27 heavy (non-hydrogen) atoms. The van der Waals surface area contributed by atoms with E-state index in [0.717, 1.165) is 29.7 Å². The Hall–Kier alpha value is -2.36. The number of amides is 1. The van der Waals surface area contributed by atoms with Gasteiger partial charge in [0.2, 0.25) is 5.91 Å². The van der Waals surface area contributed by atoms with Gasteiger partial charge in [-0.25, -0.2) is 8.78 Å². The number of anilines is 1. The van der Waals surface area contributed by atoms with Gasteiger partial charge in [0.1, 0.15) is 18.0 Å². The number of carbonyl (C=O) groups excluding carboxylic acids is 1. The Morgan fingerprint density at radius 2 is 1.93 bits per heavy atom. The van der Waals surface area contributed by atoms with Crippen molar-refractivity contribution in [3.8, 4) is 5.75 Å². The number of nitrogens with one attached hydrogen (secondary N) is 1. The maximum atomic E-state index is 13.0. The lowest BCUT2D eigenvalue weighted by Gasteiger charge is -2.10. The molecule has 1 amide bonds. The van der Waals surface area contributed by atoms with Crippen molar-refractivity contribution in [2.75, 3.05) is 5.32 Å². The van der Waals surface area contributed by atoms with Crippen molar-refractivity contribution < 1.29 is 31.5 Å². The molecular weight excluding hydrogens is 397 g/mol. The fourth-order valence-corrected chi connectivity index (χ4v) is 2.93. The van der Waals surface area contributed by atoms with Gasteiger partial charge in [-0.1, -0.05) is 11.6 Å². The highest BCUT2D eigenvalue weighted by Crippen LogP contribution is 2.45. The Morgan fingerprint density at radius 3 is 2.44 bits per heavy atom. The Morgan fingerprint density at radius 1 is 1.30 bits per heavy atom. The zero-order valence-corrected chi connectivity index (χ0v) is 14.3. The van der Waals surface area contributed by atoms with E-state index in [0.29, 0.717) is 5.69 Å². The molecule has 1 aromatic carbocycles. The number of carbonyl (C=O) groups is 1. The molecule has 0 bridgehead atoms. The van der Waals surface area contributed by atoms with Crippen LogP contribution in [0.1, 0.15) is 36.6 Å². The third-order valence-corrected chi connectivity index (χ3v) is 4.18. The van der Waals surface area contributed by atoms with Crippen molar-refractivity contribution in [1.82, 2.24) is 9.78 Å². The van der Waals surface area contributed by atoms with Crippen molar-refractivity contribution >= 4 is 23.2 Å². The molecule has 1 aromatic heterocycles. The summed E-state index contributed by atoms with van der Waals surface area (Å²) in [5.74, 6) is -1.03. The predicted molar refractivity (Wildman–Crippen MR) is 85.9 cm³/mol. The largest absolute Gasteiger partial charge is 0.573 e. The number of benzene rings is 1. The maximum absolute atomic E-state index is 13.0. The van der Waals surface area contributed by atoms with E-state index < -0.39 is 30.1 Å². The SMILES string of the molecule is O=C(Cn1nc(C(F)F)c(Cl)c1C1CC1)Nc1ccc(OC(F)(F)F)cc1. The average Bonchev–Trinajstić information content (AvgIpc) is 3.32. The molecule has 2 aromatic rings. The van der Waals surface area contributed by atoms with Crippen LogP contribution < -0.4 is 10.1 Å². The molecule has 0 saturated heterocycles. The second-order valence-electron chi connectivity index (χ2n) is 5.94. The van der Waals surface area contributed by atoms with Crippen molar-refractivity contribution in [1.29, 1.82) is 0 Å². The van der Waals surface area contributed by atoms with Crippen molar-refractivity contribution in [3.63, 3.8) is 0 Å². The number of alkyl halides is 5. The number of hydrogen-bond donors (Lipinski definition) is 1. The fraction of sp³-hybridized carbons (Fsp3) is 0.375. The molecule has 0 radical (unpaired) electrons. The molecular formula is C16H13ClF5N3O2. The van der Waals surface area contributed by atoms with Gasteiger partial charge in [0, 0.05) is 11.6 Å². The minimum absolute atomic E-state index is 0.0101. The van der Waals surface area contributed by atoms with Crippen LogP contribution in [0, 0.1) is 0 Å². The van der Waals surface area contributed by atoms with Crippen LogP contribution in [0.25, 0.3) is 0 Å². The minimum Gasteiger partial charge on any atom is -0.406 e. The van der Waals surface area contributed by atoms with Gasteiger partial charge in [-0.2, -0.15) is 5.10 Å². The van der Waals surface area contributed by atoms with Crippen LogP contribution in [0.5, 0.6) is 5.75 Å². The van der Waals surface area contributed by atoms with E-state index >= 15 is 0 Å². The summed E-state index contributed by atoms with van der Waals surface area (Å²) in [7, 11) is 0. The third-order valence-electron chi connectivity index (χ3n) is 3.79. The highest BCUT2D eigenvalue weighted by Gasteiger charge is 2.34. The lowest BCUT2D eigenvalue weighted by molar-refractivity contribution is -0.274. The lowest BCUT2D eigenvalue weighted by Crippen LogP contribution is -2.21. The zero-order valence-electron chi connectivity index (χ0n) is 13.6. The van der Waals surface area contributed by atoms with Gasteiger partial charge in [0.05, 0.1) is 10.7 Å². The molecule has 11 heteroatoms. The normalized spacial score (nSPS) is 14.5. The molecule has 1 fully saturated rings. The molecule has 1 saturated carbocycles. The summed E-state index contributed by atoms with van der Waals surface area (Å²) in [6.07, 6.45) is -6.13. The Labute approximate surface area is 155 Å².